The maximum absolute atomic E-state index is 13.6. The van der Waals surface area contributed by atoms with Gasteiger partial charge in [0.1, 0.15) is 17.5 Å². The van der Waals surface area contributed by atoms with Crippen LogP contribution < -0.4 is 5.32 Å². The van der Waals surface area contributed by atoms with E-state index in [1.165, 1.54) is 24.1 Å². The maximum Gasteiger partial charge on any atom is 0.317 e. The highest BCUT2D eigenvalue weighted by Gasteiger charge is 2.12. The highest BCUT2D eigenvalue weighted by molar-refractivity contribution is 5.73. The molecule has 122 valence electrons. The Balaban J connectivity index is 1.84. The second kappa shape index (κ2) is 7.67. The Morgan fingerprint density at radius 3 is 2.48 bits per heavy atom. The average Bonchev–Trinajstić information content (AvgIpc) is 2.51. The standard InChI is InChI=1S/C17H17F3N2O/c1-22(11-13-6-7-14(18)10-16(13)20)17(23)21-9-8-12-4-2-3-5-15(12)19/h2-7,10H,8-9,11H2,1H3,(H,21,23). The number of rotatable bonds is 5. The monoisotopic (exact) mass is 322 g/mol. The number of carbonyl (C=O) groups excluding carboxylic acids is 1. The molecule has 1 N–H and O–H groups in total. The molecule has 0 bridgehead atoms. The van der Waals surface area contributed by atoms with Gasteiger partial charge in [-0.25, -0.2) is 18.0 Å². The van der Waals surface area contributed by atoms with Crippen molar-refractivity contribution in [2.75, 3.05) is 13.6 Å². The first kappa shape index (κ1) is 16.9. The molecule has 0 unspecified atom stereocenters. The van der Waals surface area contributed by atoms with E-state index < -0.39 is 17.7 Å². The largest absolute Gasteiger partial charge is 0.338 e. The van der Waals surface area contributed by atoms with Crippen LogP contribution in [0.25, 0.3) is 0 Å². The summed E-state index contributed by atoms with van der Waals surface area (Å²) in [6.45, 7) is 0.271. The molecule has 2 aromatic rings. The number of nitrogens with zero attached hydrogens (tertiary/aromatic N) is 1. The summed E-state index contributed by atoms with van der Waals surface area (Å²) in [4.78, 5) is 13.2. The van der Waals surface area contributed by atoms with Crippen molar-refractivity contribution in [3.8, 4) is 0 Å². The molecule has 0 aromatic heterocycles. The van der Waals surface area contributed by atoms with Crippen molar-refractivity contribution < 1.29 is 18.0 Å². The summed E-state index contributed by atoms with van der Waals surface area (Å²) in [5.41, 5.74) is 0.734. The van der Waals surface area contributed by atoms with Gasteiger partial charge in [-0.15, -0.1) is 0 Å². The lowest BCUT2D eigenvalue weighted by atomic mass is 10.1. The van der Waals surface area contributed by atoms with Gasteiger partial charge in [-0.3, -0.25) is 0 Å². The SMILES string of the molecule is CN(Cc1ccc(F)cc1F)C(=O)NCCc1ccccc1F. The van der Waals surface area contributed by atoms with Gasteiger partial charge in [0.25, 0.3) is 0 Å². The number of benzene rings is 2. The van der Waals surface area contributed by atoms with E-state index in [9.17, 15) is 18.0 Å². The van der Waals surface area contributed by atoms with E-state index in [1.807, 2.05) is 0 Å². The minimum Gasteiger partial charge on any atom is -0.338 e. The van der Waals surface area contributed by atoms with Gasteiger partial charge in [0.15, 0.2) is 0 Å². The fourth-order valence-electron chi connectivity index (χ4n) is 2.12. The van der Waals surface area contributed by atoms with Gasteiger partial charge in [0.2, 0.25) is 0 Å². The fourth-order valence-corrected chi connectivity index (χ4v) is 2.12. The van der Waals surface area contributed by atoms with Crippen LogP contribution in [0.5, 0.6) is 0 Å². The van der Waals surface area contributed by atoms with Crippen molar-refractivity contribution in [1.29, 1.82) is 0 Å². The molecule has 6 heteroatoms. The van der Waals surface area contributed by atoms with Crippen LogP contribution in [0.3, 0.4) is 0 Å². The van der Waals surface area contributed by atoms with Crippen molar-refractivity contribution >= 4 is 6.03 Å². The summed E-state index contributed by atoms with van der Waals surface area (Å²) in [6, 6.07) is 9.14. The minimum absolute atomic E-state index is 0.0116. The number of halogens is 3. The van der Waals surface area contributed by atoms with Gasteiger partial charge in [0, 0.05) is 31.8 Å². The quantitative estimate of drug-likeness (QED) is 0.898. The summed E-state index contributed by atoms with van der Waals surface area (Å²) in [6.07, 6.45) is 0.358. The summed E-state index contributed by atoms with van der Waals surface area (Å²) in [5, 5.41) is 2.63. The highest BCUT2D eigenvalue weighted by Crippen LogP contribution is 2.11. The van der Waals surface area contributed by atoms with Crippen LogP contribution in [-0.2, 0) is 13.0 Å². The molecule has 0 fully saturated rings. The third kappa shape index (κ3) is 4.74. The molecular weight excluding hydrogens is 305 g/mol. The number of urea groups is 1. The minimum atomic E-state index is -0.698. The zero-order chi connectivity index (χ0) is 16.8. The Hall–Kier alpha value is -2.50. The Kier molecular flexibility index (Phi) is 5.62. The van der Waals surface area contributed by atoms with Gasteiger partial charge in [-0.05, 0) is 24.1 Å². The number of hydrogen-bond acceptors (Lipinski definition) is 1. The summed E-state index contributed by atoms with van der Waals surface area (Å²) in [7, 11) is 1.50. The molecule has 2 amide bonds. The Bertz CT molecular complexity index is 691. The molecule has 2 aromatic carbocycles. The van der Waals surface area contributed by atoms with Crippen molar-refractivity contribution in [2.45, 2.75) is 13.0 Å². The molecule has 0 aliphatic rings. The molecule has 23 heavy (non-hydrogen) atoms. The predicted molar refractivity (Wildman–Crippen MR) is 81.3 cm³/mol. The third-order valence-corrected chi connectivity index (χ3v) is 3.40. The zero-order valence-corrected chi connectivity index (χ0v) is 12.7. The fraction of sp³-hybridized carbons (Fsp3) is 0.235. The van der Waals surface area contributed by atoms with Crippen molar-refractivity contribution in [1.82, 2.24) is 10.2 Å². The average molecular weight is 322 g/mol. The van der Waals surface area contributed by atoms with E-state index in [-0.39, 0.29) is 24.5 Å². The summed E-state index contributed by atoms with van der Waals surface area (Å²) in [5.74, 6) is -1.68. The molecule has 0 saturated heterocycles. The second-order valence-electron chi connectivity index (χ2n) is 5.17. The first-order chi connectivity index (χ1) is 11.0. The topological polar surface area (TPSA) is 32.3 Å². The number of nitrogens with one attached hydrogen (secondary N) is 1. The Morgan fingerprint density at radius 2 is 1.78 bits per heavy atom. The molecule has 0 aliphatic heterocycles. The molecule has 3 nitrogen and oxygen atoms in total. The lowest BCUT2D eigenvalue weighted by Gasteiger charge is -2.18. The van der Waals surface area contributed by atoms with Crippen LogP contribution in [0.15, 0.2) is 42.5 Å². The molecule has 0 spiro atoms. The third-order valence-electron chi connectivity index (χ3n) is 3.40. The summed E-state index contributed by atoms with van der Waals surface area (Å²) >= 11 is 0. The van der Waals surface area contributed by atoms with Gasteiger partial charge in [-0.2, -0.15) is 0 Å². The van der Waals surface area contributed by atoms with E-state index in [0.717, 1.165) is 12.1 Å². The van der Waals surface area contributed by atoms with Gasteiger partial charge < -0.3 is 10.2 Å². The molecule has 0 aliphatic carbocycles. The lowest BCUT2D eigenvalue weighted by Crippen LogP contribution is -2.38. The van der Waals surface area contributed by atoms with E-state index in [1.54, 1.807) is 18.2 Å². The van der Waals surface area contributed by atoms with Crippen LogP contribution in [0.4, 0.5) is 18.0 Å². The van der Waals surface area contributed by atoms with Gasteiger partial charge in [0.05, 0.1) is 0 Å². The first-order valence-corrected chi connectivity index (χ1v) is 7.13. The van der Waals surface area contributed by atoms with Crippen LogP contribution in [0, 0.1) is 17.5 Å². The lowest BCUT2D eigenvalue weighted by molar-refractivity contribution is 0.206. The molecule has 2 rings (SSSR count). The number of carbonyl (C=O) groups is 1. The predicted octanol–water partition coefficient (Wildman–Crippen LogP) is 3.49. The van der Waals surface area contributed by atoms with E-state index in [0.29, 0.717) is 12.0 Å². The number of amides is 2. The molecule has 0 radical (unpaired) electrons. The van der Waals surface area contributed by atoms with Gasteiger partial charge >= 0.3 is 6.03 Å². The molecule has 0 saturated carbocycles. The van der Waals surface area contributed by atoms with Crippen LogP contribution in [-0.4, -0.2) is 24.5 Å². The second-order valence-corrected chi connectivity index (χ2v) is 5.17. The Morgan fingerprint density at radius 1 is 1.04 bits per heavy atom. The zero-order valence-electron chi connectivity index (χ0n) is 12.7. The maximum atomic E-state index is 13.6. The molecule has 0 heterocycles. The molecule has 0 atom stereocenters. The summed E-state index contributed by atoms with van der Waals surface area (Å²) < 4.78 is 39.8. The first-order valence-electron chi connectivity index (χ1n) is 7.13. The Labute approximate surface area is 132 Å². The van der Waals surface area contributed by atoms with Crippen LogP contribution in [0.2, 0.25) is 0 Å². The van der Waals surface area contributed by atoms with E-state index >= 15 is 0 Å². The smallest absolute Gasteiger partial charge is 0.317 e. The van der Waals surface area contributed by atoms with Gasteiger partial charge in [-0.1, -0.05) is 24.3 Å². The highest BCUT2D eigenvalue weighted by atomic mass is 19.1. The normalized spacial score (nSPS) is 10.4. The van der Waals surface area contributed by atoms with Crippen molar-refractivity contribution in [3.63, 3.8) is 0 Å². The molecular formula is C17H17F3N2O. The van der Waals surface area contributed by atoms with Crippen LogP contribution in [0.1, 0.15) is 11.1 Å². The van der Waals surface area contributed by atoms with Crippen molar-refractivity contribution in [2.24, 2.45) is 0 Å². The number of hydrogen-bond donors (Lipinski definition) is 1. The van der Waals surface area contributed by atoms with Crippen molar-refractivity contribution in [3.05, 3.63) is 71.0 Å². The van der Waals surface area contributed by atoms with Crippen LogP contribution >= 0.6 is 0 Å². The van der Waals surface area contributed by atoms with E-state index in [4.69, 9.17) is 0 Å². The van der Waals surface area contributed by atoms with E-state index in [2.05, 4.69) is 5.32 Å².